The molecule has 0 unspecified atom stereocenters. The molecule has 0 atom stereocenters. The molecule has 0 aromatic carbocycles. The first-order valence-corrected chi connectivity index (χ1v) is 5.97. The number of thiophene rings is 1. The minimum atomic E-state index is -0.890. The van der Waals surface area contributed by atoms with Gasteiger partial charge in [0.1, 0.15) is 0 Å². The summed E-state index contributed by atoms with van der Waals surface area (Å²) in [4.78, 5) is 11.7. The van der Waals surface area contributed by atoms with Gasteiger partial charge in [0.15, 0.2) is 5.76 Å². The number of nitrogens with one attached hydrogen (secondary N) is 1. The van der Waals surface area contributed by atoms with Gasteiger partial charge in [0, 0.05) is 22.9 Å². The maximum atomic E-state index is 10.7. The molecule has 0 aliphatic heterocycles. The molecule has 0 amide bonds. The first-order valence-electron chi connectivity index (χ1n) is 5.09. The number of rotatable bonds is 5. The molecule has 0 saturated heterocycles. The van der Waals surface area contributed by atoms with Crippen molar-refractivity contribution in [3.63, 3.8) is 0 Å². The largest absolute Gasteiger partial charge is 0.478 e. The van der Waals surface area contributed by atoms with Gasteiger partial charge in [-0.1, -0.05) is 5.16 Å². The van der Waals surface area contributed by atoms with Crippen LogP contribution >= 0.6 is 11.3 Å². The Hall–Kier alpha value is -1.66. The predicted octanol–water partition coefficient (Wildman–Crippen LogP) is 2.03. The van der Waals surface area contributed by atoms with E-state index in [0.29, 0.717) is 18.7 Å². The predicted molar refractivity (Wildman–Crippen MR) is 63.1 cm³/mol. The van der Waals surface area contributed by atoms with Gasteiger partial charge in [-0.05, 0) is 13.0 Å². The van der Waals surface area contributed by atoms with E-state index in [1.165, 1.54) is 11.3 Å². The highest BCUT2D eigenvalue weighted by Crippen LogP contribution is 2.14. The molecule has 6 heteroatoms. The fourth-order valence-corrected chi connectivity index (χ4v) is 2.22. The summed E-state index contributed by atoms with van der Waals surface area (Å²) in [6, 6.07) is 3.54. The highest BCUT2D eigenvalue weighted by atomic mass is 32.1. The standard InChI is InChI=1S/C11H12N2O3S/c1-7-2-9(16-13-7)4-12-5-10-3-8(6-17-10)11(14)15/h2-3,6,12H,4-5H2,1H3,(H,14,15). The monoisotopic (exact) mass is 252 g/mol. The molecular formula is C11H12N2O3S. The number of aryl methyl sites for hydroxylation is 1. The highest BCUT2D eigenvalue weighted by Gasteiger charge is 2.06. The number of nitrogens with zero attached hydrogens (tertiary/aromatic N) is 1. The lowest BCUT2D eigenvalue weighted by Gasteiger charge is -1.98. The van der Waals surface area contributed by atoms with Crippen LogP contribution in [0.1, 0.15) is 26.7 Å². The fraction of sp³-hybridized carbons (Fsp3) is 0.273. The van der Waals surface area contributed by atoms with Crippen molar-refractivity contribution in [2.24, 2.45) is 0 Å². The molecule has 2 aromatic rings. The second kappa shape index (κ2) is 5.11. The van der Waals surface area contributed by atoms with Crippen LogP contribution in [0.4, 0.5) is 0 Å². The molecule has 0 saturated carbocycles. The van der Waals surface area contributed by atoms with Gasteiger partial charge in [-0.3, -0.25) is 0 Å². The molecule has 0 bridgehead atoms. The van der Waals surface area contributed by atoms with E-state index in [9.17, 15) is 4.79 Å². The van der Waals surface area contributed by atoms with Crippen LogP contribution in [0.3, 0.4) is 0 Å². The lowest BCUT2D eigenvalue weighted by atomic mass is 10.3. The fourth-order valence-electron chi connectivity index (χ4n) is 1.39. The van der Waals surface area contributed by atoms with E-state index in [0.717, 1.165) is 16.3 Å². The molecule has 90 valence electrons. The third-order valence-electron chi connectivity index (χ3n) is 2.18. The maximum Gasteiger partial charge on any atom is 0.336 e. The first-order chi connectivity index (χ1) is 8.15. The summed E-state index contributed by atoms with van der Waals surface area (Å²) in [6.07, 6.45) is 0. The van der Waals surface area contributed by atoms with E-state index in [4.69, 9.17) is 9.63 Å². The van der Waals surface area contributed by atoms with Gasteiger partial charge in [0.25, 0.3) is 0 Å². The number of aromatic carboxylic acids is 1. The summed E-state index contributed by atoms with van der Waals surface area (Å²) < 4.78 is 5.04. The van der Waals surface area contributed by atoms with Gasteiger partial charge >= 0.3 is 5.97 Å². The quantitative estimate of drug-likeness (QED) is 0.851. The smallest absolute Gasteiger partial charge is 0.336 e. The van der Waals surface area contributed by atoms with Crippen LogP contribution in [-0.4, -0.2) is 16.2 Å². The number of aromatic nitrogens is 1. The lowest BCUT2D eigenvalue weighted by molar-refractivity contribution is 0.0697. The number of carboxylic acid groups (broad SMARTS) is 1. The summed E-state index contributed by atoms with van der Waals surface area (Å²) in [5, 5.41) is 17.4. The van der Waals surface area contributed by atoms with Gasteiger partial charge in [-0.2, -0.15) is 0 Å². The zero-order chi connectivity index (χ0) is 12.3. The molecule has 2 aromatic heterocycles. The average Bonchev–Trinajstić information content (AvgIpc) is 2.88. The van der Waals surface area contributed by atoms with Crippen molar-refractivity contribution in [1.29, 1.82) is 0 Å². The van der Waals surface area contributed by atoms with E-state index < -0.39 is 5.97 Å². The summed E-state index contributed by atoms with van der Waals surface area (Å²) in [5.41, 5.74) is 1.19. The van der Waals surface area contributed by atoms with E-state index in [1.807, 2.05) is 13.0 Å². The molecule has 0 aliphatic rings. The lowest BCUT2D eigenvalue weighted by Crippen LogP contribution is -2.11. The molecule has 2 rings (SSSR count). The Morgan fingerprint density at radius 3 is 2.94 bits per heavy atom. The van der Waals surface area contributed by atoms with Crippen molar-refractivity contribution >= 4 is 17.3 Å². The van der Waals surface area contributed by atoms with Crippen molar-refractivity contribution in [2.45, 2.75) is 20.0 Å². The van der Waals surface area contributed by atoms with Crippen LogP contribution in [0.15, 0.2) is 22.0 Å². The Balaban J connectivity index is 1.83. The zero-order valence-corrected chi connectivity index (χ0v) is 10.1. The molecule has 2 heterocycles. The molecular weight excluding hydrogens is 240 g/mol. The topological polar surface area (TPSA) is 75.4 Å². The third-order valence-corrected chi connectivity index (χ3v) is 3.11. The van der Waals surface area contributed by atoms with E-state index in [2.05, 4.69) is 10.5 Å². The van der Waals surface area contributed by atoms with Gasteiger partial charge in [-0.15, -0.1) is 11.3 Å². The Kier molecular flexibility index (Phi) is 3.55. The zero-order valence-electron chi connectivity index (χ0n) is 9.27. The minimum absolute atomic E-state index is 0.335. The molecule has 2 N–H and O–H groups in total. The highest BCUT2D eigenvalue weighted by molar-refractivity contribution is 7.10. The van der Waals surface area contributed by atoms with Gasteiger partial charge in [0.05, 0.1) is 17.8 Å². The van der Waals surface area contributed by atoms with Crippen LogP contribution in [-0.2, 0) is 13.1 Å². The van der Waals surface area contributed by atoms with E-state index in [1.54, 1.807) is 11.4 Å². The van der Waals surface area contributed by atoms with Crippen LogP contribution in [0.2, 0.25) is 0 Å². The number of hydrogen-bond donors (Lipinski definition) is 2. The van der Waals surface area contributed by atoms with Crippen LogP contribution in [0.5, 0.6) is 0 Å². The van der Waals surface area contributed by atoms with Crippen molar-refractivity contribution in [1.82, 2.24) is 10.5 Å². The molecule has 0 aliphatic carbocycles. The number of hydrogen-bond acceptors (Lipinski definition) is 5. The average molecular weight is 252 g/mol. The van der Waals surface area contributed by atoms with Gasteiger partial charge in [-0.25, -0.2) is 4.79 Å². The Bertz CT molecular complexity index is 518. The SMILES string of the molecule is Cc1cc(CNCc2cc(C(=O)O)cs2)on1. The van der Waals surface area contributed by atoms with Gasteiger partial charge in [0.2, 0.25) is 0 Å². The van der Waals surface area contributed by atoms with Crippen molar-refractivity contribution in [3.8, 4) is 0 Å². The summed E-state index contributed by atoms with van der Waals surface area (Å²) in [6.45, 7) is 3.07. The molecule has 17 heavy (non-hydrogen) atoms. The summed E-state index contributed by atoms with van der Waals surface area (Å²) in [7, 11) is 0. The number of carbonyl (C=O) groups is 1. The van der Waals surface area contributed by atoms with Gasteiger partial charge < -0.3 is 14.9 Å². The Morgan fingerprint density at radius 2 is 2.35 bits per heavy atom. The minimum Gasteiger partial charge on any atom is -0.478 e. The summed E-state index contributed by atoms with van der Waals surface area (Å²) >= 11 is 1.43. The first kappa shape index (κ1) is 11.8. The summed E-state index contributed by atoms with van der Waals surface area (Å²) in [5.74, 6) is -0.115. The molecule has 0 radical (unpaired) electrons. The molecule has 0 spiro atoms. The normalized spacial score (nSPS) is 10.6. The number of carboxylic acids is 1. The van der Waals surface area contributed by atoms with Crippen molar-refractivity contribution in [3.05, 3.63) is 39.4 Å². The van der Waals surface area contributed by atoms with E-state index >= 15 is 0 Å². The van der Waals surface area contributed by atoms with E-state index in [-0.39, 0.29) is 0 Å². The second-order valence-corrected chi connectivity index (χ2v) is 4.64. The van der Waals surface area contributed by atoms with Crippen molar-refractivity contribution in [2.75, 3.05) is 0 Å². The Morgan fingerprint density at radius 1 is 1.53 bits per heavy atom. The van der Waals surface area contributed by atoms with Crippen molar-refractivity contribution < 1.29 is 14.4 Å². The van der Waals surface area contributed by atoms with Crippen LogP contribution < -0.4 is 5.32 Å². The Labute approximate surface area is 102 Å². The maximum absolute atomic E-state index is 10.7. The molecule has 0 fully saturated rings. The second-order valence-electron chi connectivity index (χ2n) is 3.65. The van der Waals surface area contributed by atoms with Crippen LogP contribution in [0, 0.1) is 6.92 Å². The third kappa shape index (κ3) is 3.15. The molecule has 5 nitrogen and oxygen atoms in total. The van der Waals surface area contributed by atoms with Crippen LogP contribution in [0.25, 0.3) is 0 Å².